The lowest BCUT2D eigenvalue weighted by Gasteiger charge is -2.21. The molecule has 0 N–H and O–H groups in total. The third kappa shape index (κ3) is 1.77. The number of fused-ring (bicyclic) bond motifs is 1. The van der Waals surface area contributed by atoms with Crippen LogP contribution in [0.1, 0.15) is 26.7 Å². The highest BCUT2D eigenvalue weighted by Gasteiger charge is 2.24. The molecule has 0 aromatic carbocycles. The lowest BCUT2D eigenvalue weighted by molar-refractivity contribution is 0.191. The third-order valence-corrected chi connectivity index (χ3v) is 3.07. The van der Waals surface area contributed by atoms with Gasteiger partial charge in [-0.25, -0.2) is 0 Å². The van der Waals surface area contributed by atoms with Crippen LogP contribution in [0, 0.1) is 11.8 Å². The van der Waals surface area contributed by atoms with Crippen molar-refractivity contribution in [2.24, 2.45) is 11.8 Å². The van der Waals surface area contributed by atoms with Gasteiger partial charge in [-0.15, -0.1) is 0 Å². The first-order valence-corrected chi connectivity index (χ1v) is 5.53. The quantitative estimate of drug-likeness (QED) is 0.662. The van der Waals surface area contributed by atoms with E-state index in [-0.39, 0.29) is 6.10 Å². The summed E-state index contributed by atoms with van der Waals surface area (Å²) in [5, 5.41) is 0. The summed E-state index contributed by atoms with van der Waals surface area (Å²) < 4.78 is 5.43. The van der Waals surface area contributed by atoms with Gasteiger partial charge in [0.15, 0.2) is 0 Å². The average molecular weight is 190 g/mol. The van der Waals surface area contributed by atoms with E-state index in [9.17, 15) is 0 Å². The standard InChI is InChI=1S/C13H18O/c1-3-4-10(2)11-5-6-13-12(9-11)7-8-14-13/h5-10,12-13H,3-4H2,1-2H3. The summed E-state index contributed by atoms with van der Waals surface area (Å²) in [6.45, 7) is 4.55. The molecule has 0 spiro atoms. The van der Waals surface area contributed by atoms with Gasteiger partial charge in [-0.3, -0.25) is 0 Å². The lowest BCUT2D eigenvalue weighted by Crippen LogP contribution is -2.16. The minimum atomic E-state index is 0.271. The SMILES string of the molecule is CCCC(C)C1=CC2C=COC2C=C1. The number of allylic oxidation sites excluding steroid dienone is 2. The number of hydrogen-bond donors (Lipinski definition) is 0. The topological polar surface area (TPSA) is 9.23 Å². The Morgan fingerprint density at radius 2 is 2.29 bits per heavy atom. The zero-order chi connectivity index (χ0) is 9.97. The molecule has 0 aromatic heterocycles. The maximum Gasteiger partial charge on any atom is 0.126 e. The molecule has 3 unspecified atom stereocenters. The molecule has 0 saturated heterocycles. The monoisotopic (exact) mass is 190 g/mol. The molecule has 1 aliphatic carbocycles. The van der Waals surface area contributed by atoms with Gasteiger partial charge < -0.3 is 4.74 Å². The molecule has 76 valence electrons. The summed E-state index contributed by atoms with van der Waals surface area (Å²) in [4.78, 5) is 0. The van der Waals surface area contributed by atoms with Crippen molar-refractivity contribution < 1.29 is 4.74 Å². The van der Waals surface area contributed by atoms with Gasteiger partial charge in [0.1, 0.15) is 6.10 Å². The zero-order valence-corrected chi connectivity index (χ0v) is 8.94. The van der Waals surface area contributed by atoms with E-state index in [2.05, 4.69) is 38.2 Å². The number of hydrogen-bond acceptors (Lipinski definition) is 1. The second-order valence-corrected chi connectivity index (χ2v) is 4.22. The highest BCUT2D eigenvalue weighted by atomic mass is 16.5. The molecule has 0 bridgehead atoms. The van der Waals surface area contributed by atoms with Crippen LogP contribution in [0.25, 0.3) is 0 Å². The molecule has 1 aliphatic heterocycles. The molecule has 1 nitrogen and oxygen atoms in total. The molecule has 14 heavy (non-hydrogen) atoms. The van der Waals surface area contributed by atoms with Crippen molar-refractivity contribution in [3.8, 4) is 0 Å². The Labute approximate surface area is 86.2 Å². The second kappa shape index (κ2) is 4.04. The fraction of sp³-hybridized carbons (Fsp3) is 0.538. The highest BCUT2D eigenvalue weighted by Crippen LogP contribution is 2.30. The van der Waals surface area contributed by atoms with Gasteiger partial charge >= 0.3 is 0 Å². The van der Waals surface area contributed by atoms with Gasteiger partial charge in [0.05, 0.1) is 6.26 Å². The van der Waals surface area contributed by atoms with Gasteiger partial charge in [0.2, 0.25) is 0 Å². The second-order valence-electron chi connectivity index (χ2n) is 4.22. The first kappa shape index (κ1) is 9.57. The van der Waals surface area contributed by atoms with E-state index in [0.29, 0.717) is 11.8 Å². The molecule has 0 amide bonds. The fourth-order valence-corrected chi connectivity index (χ4v) is 2.16. The van der Waals surface area contributed by atoms with Crippen LogP contribution in [0.3, 0.4) is 0 Å². The highest BCUT2D eigenvalue weighted by molar-refractivity contribution is 5.31. The molecular formula is C13H18O. The van der Waals surface area contributed by atoms with E-state index in [4.69, 9.17) is 4.74 Å². The summed E-state index contributed by atoms with van der Waals surface area (Å²) in [5.41, 5.74) is 1.48. The summed E-state index contributed by atoms with van der Waals surface area (Å²) in [5.74, 6) is 1.17. The van der Waals surface area contributed by atoms with E-state index in [0.717, 1.165) is 0 Å². The summed E-state index contributed by atoms with van der Waals surface area (Å²) in [7, 11) is 0. The van der Waals surface area contributed by atoms with E-state index in [1.165, 1.54) is 18.4 Å². The molecule has 0 fully saturated rings. The molecule has 2 rings (SSSR count). The van der Waals surface area contributed by atoms with Gasteiger partial charge in [-0.05, 0) is 30.1 Å². The van der Waals surface area contributed by atoms with Gasteiger partial charge in [-0.2, -0.15) is 0 Å². The minimum Gasteiger partial charge on any atom is -0.493 e. The number of ether oxygens (including phenoxy) is 1. The first-order chi connectivity index (χ1) is 6.81. The maximum atomic E-state index is 5.43. The summed E-state index contributed by atoms with van der Waals surface area (Å²) >= 11 is 0. The van der Waals surface area contributed by atoms with Gasteiger partial charge in [0, 0.05) is 5.92 Å². The normalized spacial score (nSPS) is 30.9. The van der Waals surface area contributed by atoms with Crippen molar-refractivity contribution >= 4 is 0 Å². The Morgan fingerprint density at radius 3 is 3.07 bits per heavy atom. The van der Waals surface area contributed by atoms with Crippen LogP contribution in [-0.4, -0.2) is 6.10 Å². The average Bonchev–Trinajstić information content (AvgIpc) is 2.64. The van der Waals surface area contributed by atoms with Crippen LogP contribution in [0.15, 0.2) is 36.1 Å². The van der Waals surface area contributed by atoms with Crippen LogP contribution in [-0.2, 0) is 4.74 Å². The third-order valence-electron chi connectivity index (χ3n) is 3.07. The van der Waals surface area contributed by atoms with Crippen molar-refractivity contribution in [2.75, 3.05) is 0 Å². The van der Waals surface area contributed by atoms with Crippen molar-refractivity contribution in [3.05, 3.63) is 36.1 Å². The predicted molar refractivity (Wildman–Crippen MR) is 58.8 cm³/mol. The maximum absolute atomic E-state index is 5.43. The lowest BCUT2D eigenvalue weighted by atomic mass is 9.87. The molecular weight excluding hydrogens is 172 g/mol. The van der Waals surface area contributed by atoms with Crippen molar-refractivity contribution in [2.45, 2.75) is 32.8 Å². The molecule has 3 atom stereocenters. The number of rotatable bonds is 3. The van der Waals surface area contributed by atoms with Crippen molar-refractivity contribution in [3.63, 3.8) is 0 Å². The zero-order valence-electron chi connectivity index (χ0n) is 8.94. The Bertz CT molecular complexity index is 286. The van der Waals surface area contributed by atoms with Gasteiger partial charge in [-0.1, -0.05) is 32.4 Å². The Kier molecular flexibility index (Phi) is 2.76. The van der Waals surface area contributed by atoms with Crippen LogP contribution >= 0.6 is 0 Å². The smallest absolute Gasteiger partial charge is 0.126 e. The van der Waals surface area contributed by atoms with Crippen LogP contribution in [0.2, 0.25) is 0 Å². The summed E-state index contributed by atoms with van der Waals surface area (Å²) in [6.07, 6.45) is 13.5. The van der Waals surface area contributed by atoms with E-state index >= 15 is 0 Å². The molecule has 0 radical (unpaired) electrons. The predicted octanol–water partition coefficient (Wildman–Crippen LogP) is 3.45. The van der Waals surface area contributed by atoms with Crippen LogP contribution in [0.4, 0.5) is 0 Å². The molecule has 2 aliphatic rings. The Morgan fingerprint density at radius 1 is 1.43 bits per heavy atom. The van der Waals surface area contributed by atoms with Crippen molar-refractivity contribution in [1.29, 1.82) is 0 Å². The first-order valence-electron chi connectivity index (χ1n) is 5.53. The molecule has 0 aromatic rings. The molecule has 0 saturated carbocycles. The van der Waals surface area contributed by atoms with E-state index in [1.807, 2.05) is 6.26 Å². The Hall–Kier alpha value is -0.980. The molecule has 1 heteroatoms. The van der Waals surface area contributed by atoms with Crippen LogP contribution < -0.4 is 0 Å². The van der Waals surface area contributed by atoms with Gasteiger partial charge in [0.25, 0.3) is 0 Å². The van der Waals surface area contributed by atoms with Crippen LogP contribution in [0.5, 0.6) is 0 Å². The fourth-order valence-electron chi connectivity index (χ4n) is 2.16. The Balaban J connectivity index is 2.06. The van der Waals surface area contributed by atoms with Crippen molar-refractivity contribution in [1.82, 2.24) is 0 Å². The largest absolute Gasteiger partial charge is 0.493 e. The van der Waals surface area contributed by atoms with E-state index in [1.54, 1.807) is 0 Å². The van der Waals surface area contributed by atoms with E-state index < -0.39 is 0 Å². The molecule has 1 heterocycles. The summed E-state index contributed by atoms with van der Waals surface area (Å²) in [6, 6.07) is 0. The minimum absolute atomic E-state index is 0.271.